The van der Waals surface area contributed by atoms with Crippen molar-refractivity contribution in [3.05, 3.63) is 84.9 Å². The quantitative estimate of drug-likeness (QED) is 0.331. The lowest BCUT2D eigenvalue weighted by atomic mass is 9.95. The Morgan fingerprint density at radius 3 is 1.56 bits per heavy atom. The molecular weight excluding hydrogens is 308 g/mol. The van der Waals surface area contributed by atoms with Crippen molar-refractivity contribution in [2.24, 2.45) is 0 Å². The first-order valence-electron chi connectivity index (χ1n) is 8.20. The van der Waals surface area contributed by atoms with E-state index in [4.69, 9.17) is 4.52 Å². The number of para-hydroxylation sites is 1. The molecule has 0 spiro atoms. The summed E-state index contributed by atoms with van der Waals surface area (Å²) in [6, 6.07) is 29.3. The molecule has 0 aliphatic carbocycles. The summed E-state index contributed by atoms with van der Waals surface area (Å²) >= 11 is 0. The zero-order valence-corrected chi connectivity index (χ0v) is 13.4. The second-order valence-electron chi connectivity index (χ2n) is 6.03. The summed E-state index contributed by atoms with van der Waals surface area (Å²) in [5.74, 6) is 0. The van der Waals surface area contributed by atoms with E-state index in [9.17, 15) is 0 Å². The molecule has 0 saturated heterocycles. The number of benzene rings is 5. The number of hydrogen-bond donors (Lipinski definition) is 0. The molecule has 0 bridgehead atoms. The van der Waals surface area contributed by atoms with Gasteiger partial charge in [0.2, 0.25) is 0 Å². The van der Waals surface area contributed by atoms with Crippen LogP contribution in [0.15, 0.2) is 89.5 Å². The van der Waals surface area contributed by atoms with E-state index in [0.717, 1.165) is 11.1 Å². The maximum Gasteiger partial charge on any atom is 0.187 e. The fourth-order valence-electron chi connectivity index (χ4n) is 3.39. The molecule has 25 heavy (non-hydrogen) atoms. The van der Waals surface area contributed by atoms with Crippen molar-refractivity contribution in [1.82, 2.24) is 10.4 Å². The maximum absolute atomic E-state index is 4.76. The Kier molecular flexibility index (Phi) is 3.10. The maximum atomic E-state index is 4.76. The van der Waals surface area contributed by atoms with Crippen molar-refractivity contribution in [2.75, 3.05) is 0 Å². The van der Waals surface area contributed by atoms with Crippen molar-refractivity contribution < 1.29 is 4.52 Å². The van der Waals surface area contributed by atoms with Gasteiger partial charge in [0, 0.05) is 5.27 Å². The number of hydrogen-bond acceptors (Lipinski definition) is 3. The van der Waals surface area contributed by atoms with Crippen molar-refractivity contribution in [1.29, 1.82) is 0 Å². The SMILES string of the molecule is c1cc2ccc3cccc4ccc(c1)c2c34.c1ccc2onnc2c1. The van der Waals surface area contributed by atoms with Gasteiger partial charge in [-0.2, -0.15) is 0 Å². The number of aromatic nitrogens is 2. The predicted octanol–water partition coefficient (Wildman–Crippen LogP) is 5.81. The van der Waals surface area contributed by atoms with Gasteiger partial charge in [-0.3, -0.25) is 0 Å². The van der Waals surface area contributed by atoms with Crippen molar-refractivity contribution in [3.8, 4) is 0 Å². The third-order valence-electron chi connectivity index (χ3n) is 4.55. The van der Waals surface area contributed by atoms with E-state index >= 15 is 0 Å². The van der Waals surface area contributed by atoms with Crippen LogP contribution in [0.5, 0.6) is 0 Å². The first-order chi connectivity index (χ1) is 12.4. The molecule has 6 rings (SSSR count). The van der Waals surface area contributed by atoms with Crippen LogP contribution in [-0.2, 0) is 0 Å². The van der Waals surface area contributed by atoms with Gasteiger partial charge in [0.15, 0.2) is 5.58 Å². The van der Waals surface area contributed by atoms with Gasteiger partial charge < -0.3 is 4.52 Å². The summed E-state index contributed by atoms with van der Waals surface area (Å²) in [4.78, 5) is 0. The highest BCUT2D eigenvalue weighted by molar-refractivity contribution is 6.22. The first-order valence-corrected chi connectivity index (χ1v) is 8.20. The van der Waals surface area contributed by atoms with Crippen LogP contribution in [0.3, 0.4) is 0 Å². The first kappa shape index (κ1) is 13.9. The monoisotopic (exact) mass is 322 g/mol. The Labute approximate surface area is 143 Å². The van der Waals surface area contributed by atoms with Gasteiger partial charge in [-0.05, 0) is 44.5 Å². The highest BCUT2D eigenvalue weighted by Gasteiger charge is 2.05. The Hall–Kier alpha value is -3.46. The molecule has 118 valence electrons. The van der Waals surface area contributed by atoms with Crippen LogP contribution < -0.4 is 0 Å². The van der Waals surface area contributed by atoms with Gasteiger partial charge in [-0.15, -0.1) is 5.10 Å². The Balaban J connectivity index is 0.000000132. The summed E-state index contributed by atoms with van der Waals surface area (Å²) in [5.41, 5.74) is 1.54. The molecule has 1 heterocycles. The molecule has 0 fully saturated rings. The van der Waals surface area contributed by atoms with Gasteiger partial charge in [-0.1, -0.05) is 72.8 Å². The van der Waals surface area contributed by atoms with Gasteiger partial charge in [0.25, 0.3) is 0 Å². The molecule has 0 radical (unpaired) electrons. The standard InChI is InChI=1S/C16H10.C6H4N2O/c1-3-11-7-9-13-5-2-6-14-10-8-12(4-1)15(11)16(13)14;1-2-4-6-5(3-1)7-8-9-6/h1-10H;1-4H. The molecule has 5 aromatic carbocycles. The van der Waals surface area contributed by atoms with Crippen LogP contribution >= 0.6 is 0 Å². The molecule has 0 unspecified atom stereocenters. The fraction of sp³-hybridized carbons (Fsp3) is 0. The average Bonchev–Trinajstić information content (AvgIpc) is 3.16. The lowest BCUT2D eigenvalue weighted by Gasteiger charge is -2.09. The molecule has 3 nitrogen and oxygen atoms in total. The third kappa shape index (κ3) is 2.29. The van der Waals surface area contributed by atoms with Crippen LogP contribution in [0.25, 0.3) is 43.4 Å². The van der Waals surface area contributed by atoms with Gasteiger partial charge >= 0.3 is 0 Å². The van der Waals surface area contributed by atoms with Gasteiger partial charge in [0.05, 0.1) is 0 Å². The topological polar surface area (TPSA) is 38.9 Å². The number of rotatable bonds is 0. The molecule has 1 aromatic heterocycles. The Bertz CT molecular complexity index is 1140. The summed E-state index contributed by atoms with van der Waals surface area (Å²) in [7, 11) is 0. The second kappa shape index (κ2) is 5.56. The van der Waals surface area contributed by atoms with E-state index in [-0.39, 0.29) is 0 Å². The minimum atomic E-state index is 0.734. The van der Waals surface area contributed by atoms with E-state index in [2.05, 4.69) is 71.0 Å². The second-order valence-corrected chi connectivity index (χ2v) is 6.03. The van der Waals surface area contributed by atoms with Crippen LogP contribution in [0.1, 0.15) is 0 Å². The minimum Gasteiger partial charge on any atom is -0.337 e. The van der Waals surface area contributed by atoms with E-state index in [1.807, 2.05) is 24.3 Å². The van der Waals surface area contributed by atoms with E-state index in [0.29, 0.717) is 0 Å². The molecule has 0 atom stereocenters. The van der Waals surface area contributed by atoms with Gasteiger partial charge in [-0.25, -0.2) is 0 Å². The summed E-state index contributed by atoms with van der Waals surface area (Å²) < 4.78 is 4.76. The van der Waals surface area contributed by atoms with E-state index < -0.39 is 0 Å². The minimum absolute atomic E-state index is 0.734. The highest BCUT2D eigenvalue weighted by atomic mass is 16.5. The lowest BCUT2D eigenvalue weighted by Crippen LogP contribution is -1.82. The fourth-order valence-corrected chi connectivity index (χ4v) is 3.39. The van der Waals surface area contributed by atoms with E-state index in [1.165, 1.54) is 32.3 Å². The number of fused-ring (bicyclic) bond motifs is 1. The molecule has 6 aromatic rings. The zero-order valence-electron chi connectivity index (χ0n) is 13.4. The molecular formula is C22H14N2O. The normalized spacial score (nSPS) is 11.2. The van der Waals surface area contributed by atoms with E-state index in [1.54, 1.807) is 0 Å². The summed E-state index contributed by atoms with van der Waals surface area (Å²) in [6.07, 6.45) is 0. The predicted molar refractivity (Wildman–Crippen MR) is 102 cm³/mol. The van der Waals surface area contributed by atoms with Crippen LogP contribution in [0.4, 0.5) is 0 Å². The molecule has 0 amide bonds. The zero-order chi connectivity index (χ0) is 16.6. The third-order valence-corrected chi connectivity index (χ3v) is 4.55. The molecule has 0 aliphatic heterocycles. The summed E-state index contributed by atoms with van der Waals surface area (Å²) in [6.45, 7) is 0. The largest absolute Gasteiger partial charge is 0.337 e. The van der Waals surface area contributed by atoms with Crippen molar-refractivity contribution in [3.63, 3.8) is 0 Å². The van der Waals surface area contributed by atoms with Crippen LogP contribution in [0.2, 0.25) is 0 Å². The van der Waals surface area contributed by atoms with Crippen molar-refractivity contribution in [2.45, 2.75) is 0 Å². The Morgan fingerprint density at radius 2 is 1.04 bits per heavy atom. The highest BCUT2D eigenvalue weighted by Crippen LogP contribution is 2.33. The van der Waals surface area contributed by atoms with Gasteiger partial charge in [0.1, 0.15) is 5.52 Å². The summed E-state index contributed by atoms with van der Waals surface area (Å²) in [5, 5.41) is 15.2. The lowest BCUT2D eigenvalue weighted by molar-refractivity contribution is 0.424. The van der Waals surface area contributed by atoms with Crippen LogP contribution in [-0.4, -0.2) is 10.4 Å². The van der Waals surface area contributed by atoms with Crippen LogP contribution in [0, 0.1) is 0 Å². The average molecular weight is 322 g/mol. The smallest absolute Gasteiger partial charge is 0.187 e. The molecule has 0 saturated carbocycles. The number of nitrogens with zero attached hydrogens (tertiary/aromatic N) is 2. The van der Waals surface area contributed by atoms with Crippen molar-refractivity contribution >= 4 is 43.4 Å². The Morgan fingerprint density at radius 1 is 0.520 bits per heavy atom. The molecule has 0 aliphatic rings. The molecule has 0 N–H and O–H groups in total. The molecule has 3 heteroatoms.